The van der Waals surface area contributed by atoms with E-state index in [1.54, 1.807) is 7.11 Å². The van der Waals surface area contributed by atoms with Gasteiger partial charge in [0.25, 0.3) is 5.56 Å². The number of ether oxygens (including phenoxy) is 1. The Morgan fingerprint density at radius 1 is 1.31 bits per heavy atom. The van der Waals surface area contributed by atoms with Crippen molar-refractivity contribution in [3.8, 4) is 5.75 Å². The van der Waals surface area contributed by atoms with Crippen molar-refractivity contribution in [2.45, 2.75) is 44.7 Å². The van der Waals surface area contributed by atoms with E-state index < -0.39 is 0 Å². The van der Waals surface area contributed by atoms with Crippen molar-refractivity contribution in [1.29, 1.82) is 0 Å². The van der Waals surface area contributed by atoms with Crippen LogP contribution in [-0.2, 0) is 13.0 Å². The summed E-state index contributed by atoms with van der Waals surface area (Å²) < 4.78 is 6.93. The maximum atomic E-state index is 12.8. The highest BCUT2D eigenvalue weighted by molar-refractivity contribution is 7.18. The fourth-order valence-corrected chi connectivity index (χ4v) is 6.15. The van der Waals surface area contributed by atoms with Gasteiger partial charge in [0.15, 0.2) is 0 Å². The number of hydrogen-bond acceptors (Lipinski definition) is 5. The van der Waals surface area contributed by atoms with Crippen molar-refractivity contribution in [2.24, 2.45) is 5.92 Å². The molecule has 2 aliphatic rings. The zero-order valence-corrected chi connectivity index (χ0v) is 17.5. The lowest BCUT2D eigenvalue weighted by Gasteiger charge is -2.31. The Bertz CT molecular complexity index is 1190. The van der Waals surface area contributed by atoms with Crippen molar-refractivity contribution in [3.05, 3.63) is 61.1 Å². The van der Waals surface area contributed by atoms with Gasteiger partial charge >= 0.3 is 5.69 Å². The number of hydrogen-bond donors (Lipinski definition) is 2. The van der Waals surface area contributed by atoms with E-state index >= 15 is 0 Å². The first kappa shape index (κ1) is 18.6. The third kappa shape index (κ3) is 3.04. The van der Waals surface area contributed by atoms with Crippen LogP contribution in [0.25, 0.3) is 10.2 Å². The molecule has 3 heterocycles. The topological polar surface area (TPSA) is 76.1 Å². The van der Waals surface area contributed by atoms with Gasteiger partial charge in [0.2, 0.25) is 0 Å². The Hall–Kier alpha value is -2.38. The summed E-state index contributed by atoms with van der Waals surface area (Å²) >= 11 is 1.45. The minimum Gasteiger partial charge on any atom is -0.496 e. The van der Waals surface area contributed by atoms with Crippen molar-refractivity contribution in [1.82, 2.24) is 14.9 Å². The fourth-order valence-electron chi connectivity index (χ4n) is 5.26. The summed E-state index contributed by atoms with van der Waals surface area (Å²) in [6.45, 7) is 3.32. The lowest BCUT2D eigenvalue weighted by molar-refractivity contribution is 0.337. The summed E-state index contributed by atoms with van der Waals surface area (Å²) in [5.41, 5.74) is 2.24. The zero-order valence-electron chi connectivity index (χ0n) is 16.7. The van der Waals surface area contributed by atoms with Gasteiger partial charge in [-0.1, -0.05) is 12.1 Å². The van der Waals surface area contributed by atoms with E-state index in [4.69, 9.17) is 4.74 Å². The molecular formula is C22H25N3O3S. The Labute approximate surface area is 172 Å². The quantitative estimate of drug-likeness (QED) is 0.692. The van der Waals surface area contributed by atoms with Crippen molar-refractivity contribution >= 4 is 21.6 Å². The molecule has 152 valence electrons. The van der Waals surface area contributed by atoms with Gasteiger partial charge in [0, 0.05) is 29.9 Å². The molecule has 1 aliphatic heterocycles. The summed E-state index contributed by atoms with van der Waals surface area (Å²) in [4.78, 5) is 29.8. The van der Waals surface area contributed by atoms with E-state index in [-0.39, 0.29) is 11.2 Å². The molecule has 1 fully saturated rings. The average molecular weight is 412 g/mol. The average Bonchev–Trinajstić information content (AvgIpc) is 3.30. The molecule has 0 spiro atoms. The lowest BCUT2D eigenvalue weighted by Crippen LogP contribution is -2.38. The summed E-state index contributed by atoms with van der Waals surface area (Å²) in [6, 6.07) is 8.51. The van der Waals surface area contributed by atoms with Gasteiger partial charge < -0.3 is 10.1 Å². The number of thiophene rings is 1. The summed E-state index contributed by atoms with van der Waals surface area (Å²) in [6.07, 6.45) is 2.89. The molecule has 1 aliphatic carbocycles. The Morgan fingerprint density at radius 3 is 3.00 bits per heavy atom. The number of aromatic nitrogens is 2. The van der Waals surface area contributed by atoms with Crippen LogP contribution in [0, 0.1) is 12.8 Å². The minimum atomic E-state index is -0.308. The number of fused-ring (bicyclic) bond motifs is 4. The monoisotopic (exact) mass is 411 g/mol. The van der Waals surface area contributed by atoms with E-state index in [0.717, 1.165) is 36.4 Å². The van der Waals surface area contributed by atoms with Crippen LogP contribution >= 0.6 is 11.3 Å². The van der Waals surface area contributed by atoms with Crippen LogP contribution in [0.5, 0.6) is 5.75 Å². The third-order valence-corrected chi connectivity index (χ3v) is 7.58. The maximum Gasteiger partial charge on any atom is 0.329 e. The second-order valence-electron chi connectivity index (χ2n) is 8.13. The van der Waals surface area contributed by atoms with Crippen LogP contribution in [0.2, 0.25) is 0 Å². The number of nitrogens with one attached hydrogen (secondary N) is 2. The van der Waals surface area contributed by atoms with E-state index in [9.17, 15) is 9.59 Å². The highest BCUT2D eigenvalue weighted by Crippen LogP contribution is 2.44. The number of benzene rings is 1. The molecule has 0 bridgehead atoms. The highest BCUT2D eigenvalue weighted by atomic mass is 32.1. The molecule has 0 radical (unpaired) electrons. The van der Waals surface area contributed by atoms with Crippen molar-refractivity contribution in [2.75, 3.05) is 13.7 Å². The summed E-state index contributed by atoms with van der Waals surface area (Å²) in [7, 11) is 1.73. The van der Waals surface area contributed by atoms with E-state index in [0.29, 0.717) is 34.6 Å². The number of H-pyrrole nitrogens is 1. The van der Waals surface area contributed by atoms with Crippen LogP contribution in [0.1, 0.15) is 34.8 Å². The fraction of sp³-hybridized carbons (Fsp3) is 0.455. The summed E-state index contributed by atoms with van der Waals surface area (Å²) in [5.74, 6) is 1.98. The molecule has 3 atom stereocenters. The number of aryl methyl sites for hydroxylation is 1. The summed E-state index contributed by atoms with van der Waals surface area (Å²) in [5, 5.41) is 4.28. The Balaban J connectivity index is 1.38. The van der Waals surface area contributed by atoms with Crippen molar-refractivity contribution < 1.29 is 4.74 Å². The molecule has 5 rings (SSSR count). The SMILES string of the molecule is COc1cccc2c1CC[C@H]1C(CCn3c(=O)[nH]c4sc(C)cc4c3=O)NC[C@@H]21. The largest absolute Gasteiger partial charge is 0.496 e. The smallest absolute Gasteiger partial charge is 0.329 e. The second kappa shape index (κ2) is 7.15. The van der Waals surface area contributed by atoms with Gasteiger partial charge in [-0.25, -0.2) is 4.79 Å². The van der Waals surface area contributed by atoms with Crippen LogP contribution in [-0.4, -0.2) is 29.2 Å². The number of aromatic amines is 1. The molecule has 0 amide bonds. The molecule has 1 aromatic carbocycles. The van der Waals surface area contributed by atoms with E-state index in [2.05, 4.69) is 22.4 Å². The van der Waals surface area contributed by atoms with E-state index in [1.807, 2.05) is 19.1 Å². The predicted molar refractivity (Wildman–Crippen MR) is 115 cm³/mol. The molecule has 29 heavy (non-hydrogen) atoms. The Morgan fingerprint density at radius 2 is 2.17 bits per heavy atom. The highest BCUT2D eigenvalue weighted by Gasteiger charge is 2.40. The molecule has 2 aromatic heterocycles. The molecule has 7 heteroatoms. The standard InChI is InChI=1S/C22H25N3O3S/c1-12-10-16-20(29-12)24-22(27)25(21(16)26)9-8-18-14-6-7-15-13(17(14)11-23-18)4-3-5-19(15)28-2/h3-5,10,14,17-18,23H,6-9,11H2,1-2H3,(H,24,27)/t14-,17+,18?/m1/s1. The third-order valence-electron chi connectivity index (χ3n) is 6.61. The van der Waals surface area contributed by atoms with Crippen molar-refractivity contribution in [3.63, 3.8) is 0 Å². The first-order valence-corrected chi connectivity index (χ1v) is 11.0. The molecule has 3 aromatic rings. The number of rotatable bonds is 4. The molecule has 1 unspecified atom stereocenters. The second-order valence-corrected chi connectivity index (χ2v) is 9.38. The minimum absolute atomic E-state index is 0.179. The molecule has 6 nitrogen and oxygen atoms in total. The van der Waals surface area contributed by atoms with E-state index in [1.165, 1.54) is 27.0 Å². The predicted octanol–water partition coefficient (Wildman–Crippen LogP) is 2.78. The first-order valence-electron chi connectivity index (χ1n) is 10.2. The molecular weight excluding hydrogens is 386 g/mol. The zero-order chi connectivity index (χ0) is 20.1. The van der Waals surface area contributed by atoms with Gasteiger partial charge in [-0.05, 0) is 55.4 Å². The van der Waals surface area contributed by atoms with Gasteiger partial charge in [0.1, 0.15) is 10.6 Å². The molecule has 2 N–H and O–H groups in total. The Kier molecular flexibility index (Phi) is 4.59. The van der Waals surface area contributed by atoms with Gasteiger partial charge in [-0.15, -0.1) is 11.3 Å². The van der Waals surface area contributed by atoms with Crippen LogP contribution in [0.15, 0.2) is 33.9 Å². The van der Waals surface area contributed by atoms with Gasteiger partial charge in [-0.3, -0.25) is 14.3 Å². The van der Waals surface area contributed by atoms with Gasteiger partial charge in [-0.2, -0.15) is 0 Å². The normalized spacial score (nSPS) is 23.2. The number of nitrogens with zero attached hydrogens (tertiary/aromatic N) is 1. The molecule has 1 saturated heterocycles. The van der Waals surface area contributed by atoms with Gasteiger partial charge in [0.05, 0.1) is 12.5 Å². The van der Waals surface area contributed by atoms with Crippen LogP contribution in [0.3, 0.4) is 0 Å². The molecule has 0 saturated carbocycles. The lowest BCUT2D eigenvalue weighted by atomic mass is 9.74. The van der Waals surface area contributed by atoms with Crippen LogP contribution < -0.4 is 21.3 Å². The van der Waals surface area contributed by atoms with Crippen LogP contribution in [0.4, 0.5) is 0 Å². The maximum absolute atomic E-state index is 12.8. The first-order chi connectivity index (χ1) is 14.1. The number of methoxy groups -OCH3 is 1.